The van der Waals surface area contributed by atoms with E-state index >= 15 is 0 Å². The Kier molecular flexibility index (Phi) is 3.84. The smallest absolute Gasteiger partial charge is 0.149 e. The van der Waals surface area contributed by atoms with Gasteiger partial charge in [0.1, 0.15) is 5.82 Å². The molecule has 2 rings (SSSR count). The van der Waals surface area contributed by atoms with Gasteiger partial charge in [-0.3, -0.25) is 0 Å². The summed E-state index contributed by atoms with van der Waals surface area (Å²) in [7, 11) is 0. The highest BCUT2D eigenvalue weighted by atomic mass is 15.2. The van der Waals surface area contributed by atoms with Gasteiger partial charge in [0.05, 0.1) is 5.69 Å². The Morgan fingerprint density at radius 3 is 2.82 bits per heavy atom. The van der Waals surface area contributed by atoms with Crippen LogP contribution in [0.5, 0.6) is 0 Å². The molecule has 94 valence electrons. The van der Waals surface area contributed by atoms with Gasteiger partial charge in [0.15, 0.2) is 0 Å². The van der Waals surface area contributed by atoms with Crippen molar-refractivity contribution in [2.24, 2.45) is 0 Å². The van der Waals surface area contributed by atoms with Gasteiger partial charge in [-0.25, -0.2) is 4.98 Å². The minimum atomic E-state index is 0.380. The first-order chi connectivity index (χ1) is 8.15. The second-order valence-electron chi connectivity index (χ2n) is 5.00. The third-order valence-electron chi connectivity index (χ3n) is 3.17. The average molecular weight is 234 g/mol. The normalized spacial score (nSPS) is 18.2. The van der Waals surface area contributed by atoms with E-state index in [1.807, 2.05) is 19.2 Å². The molecule has 1 aliphatic rings. The van der Waals surface area contributed by atoms with Crippen molar-refractivity contribution < 1.29 is 0 Å². The molecule has 17 heavy (non-hydrogen) atoms. The van der Waals surface area contributed by atoms with E-state index in [9.17, 15) is 0 Å². The van der Waals surface area contributed by atoms with Crippen LogP contribution in [-0.4, -0.2) is 35.6 Å². The molecule has 4 nitrogen and oxygen atoms in total. The Hall–Kier alpha value is -1.29. The summed E-state index contributed by atoms with van der Waals surface area (Å²) in [5.74, 6) is 0.808. The van der Waals surface area contributed by atoms with Gasteiger partial charge in [0.25, 0.3) is 0 Å². The van der Waals surface area contributed by atoms with Crippen LogP contribution < -0.4 is 11.1 Å². The fraction of sp³-hybridized carbons (Fsp3) is 0.615. The lowest BCUT2D eigenvalue weighted by Gasteiger charge is -2.22. The first-order valence-electron chi connectivity index (χ1n) is 6.36. The summed E-state index contributed by atoms with van der Waals surface area (Å²) in [5.41, 5.74) is 7.77. The molecule has 0 aliphatic carbocycles. The number of pyridine rings is 1. The Labute approximate surface area is 103 Å². The number of nitrogens with two attached hydrogens (primary N) is 1. The van der Waals surface area contributed by atoms with Crippen LogP contribution in [0, 0.1) is 6.92 Å². The summed E-state index contributed by atoms with van der Waals surface area (Å²) in [4.78, 5) is 6.83. The molecule has 1 unspecified atom stereocenters. The van der Waals surface area contributed by atoms with Gasteiger partial charge in [-0.1, -0.05) is 0 Å². The molecule has 4 heteroatoms. The van der Waals surface area contributed by atoms with Crippen molar-refractivity contribution in [3.63, 3.8) is 0 Å². The van der Waals surface area contributed by atoms with Gasteiger partial charge in [-0.15, -0.1) is 0 Å². The molecule has 1 atom stereocenters. The SMILES string of the molecule is Cc1cnc(NC(C)CN2CCCC2)c(N)c1. The Balaban J connectivity index is 1.90. The summed E-state index contributed by atoms with van der Waals surface area (Å²) < 4.78 is 0. The molecular weight excluding hydrogens is 212 g/mol. The minimum Gasteiger partial charge on any atom is -0.396 e. The number of nitrogens with one attached hydrogen (secondary N) is 1. The lowest BCUT2D eigenvalue weighted by atomic mass is 10.2. The highest BCUT2D eigenvalue weighted by Crippen LogP contribution is 2.17. The second kappa shape index (κ2) is 5.36. The predicted molar refractivity (Wildman–Crippen MR) is 72.1 cm³/mol. The highest BCUT2D eigenvalue weighted by Gasteiger charge is 2.15. The molecule has 1 aliphatic heterocycles. The van der Waals surface area contributed by atoms with Crippen LogP contribution in [0.3, 0.4) is 0 Å². The fourth-order valence-corrected chi connectivity index (χ4v) is 2.34. The number of likely N-dealkylation sites (tertiary alicyclic amines) is 1. The Morgan fingerprint density at radius 1 is 1.47 bits per heavy atom. The van der Waals surface area contributed by atoms with E-state index in [2.05, 4.69) is 22.1 Å². The Morgan fingerprint density at radius 2 is 2.18 bits per heavy atom. The fourth-order valence-electron chi connectivity index (χ4n) is 2.34. The first-order valence-corrected chi connectivity index (χ1v) is 6.36. The highest BCUT2D eigenvalue weighted by molar-refractivity contribution is 5.61. The van der Waals surface area contributed by atoms with Crippen molar-refractivity contribution in [2.45, 2.75) is 32.7 Å². The zero-order valence-corrected chi connectivity index (χ0v) is 10.7. The third kappa shape index (κ3) is 3.33. The van der Waals surface area contributed by atoms with Gasteiger partial charge in [-0.05, 0) is 51.4 Å². The summed E-state index contributed by atoms with van der Waals surface area (Å²) in [6, 6.07) is 2.34. The molecule has 1 aromatic rings. The molecule has 2 heterocycles. The minimum absolute atomic E-state index is 0.380. The summed E-state index contributed by atoms with van der Waals surface area (Å²) in [6.07, 6.45) is 4.51. The molecule has 0 radical (unpaired) electrons. The molecule has 0 spiro atoms. The topological polar surface area (TPSA) is 54.2 Å². The molecule has 1 saturated heterocycles. The maximum absolute atomic E-state index is 5.94. The van der Waals surface area contributed by atoms with E-state index in [1.165, 1.54) is 25.9 Å². The van der Waals surface area contributed by atoms with Gasteiger partial charge < -0.3 is 16.0 Å². The monoisotopic (exact) mass is 234 g/mol. The van der Waals surface area contributed by atoms with Crippen LogP contribution in [0.1, 0.15) is 25.3 Å². The van der Waals surface area contributed by atoms with Crippen LogP contribution in [0.25, 0.3) is 0 Å². The maximum atomic E-state index is 5.94. The predicted octanol–water partition coefficient (Wildman–Crippen LogP) is 1.87. The number of rotatable bonds is 4. The largest absolute Gasteiger partial charge is 0.396 e. The van der Waals surface area contributed by atoms with Crippen molar-refractivity contribution in [1.82, 2.24) is 9.88 Å². The van der Waals surface area contributed by atoms with Crippen LogP contribution in [0.15, 0.2) is 12.3 Å². The average Bonchev–Trinajstić information content (AvgIpc) is 2.75. The molecule has 1 aromatic heterocycles. The molecule has 3 N–H and O–H groups in total. The summed E-state index contributed by atoms with van der Waals surface area (Å²) in [6.45, 7) is 7.70. The quantitative estimate of drug-likeness (QED) is 0.835. The molecule has 0 aromatic carbocycles. The van der Waals surface area contributed by atoms with E-state index in [4.69, 9.17) is 5.73 Å². The van der Waals surface area contributed by atoms with Crippen molar-refractivity contribution in [2.75, 3.05) is 30.7 Å². The summed E-state index contributed by atoms with van der Waals surface area (Å²) in [5, 5.41) is 3.39. The van der Waals surface area contributed by atoms with E-state index in [0.29, 0.717) is 6.04 Å². The third-order valence-corrected chi connectivity index (χ3v) is 3.17. The number of nitrogens with zero attached hydrogens (tertiary/aromatic N) is 2. The van der Waals surface area contributed by atoms with E-state index < -0.39 is 0 Å². The zero-order valence-electron chi connectivity index (χ0n) is 10.7. The van der Waals surface area contributed by atoms with Crippen LogP contribution in [0.4, 0.5) is 11.5 Å². The van der Waals surface area contributed by atoms with E-state index in [0.717, 1.165) is 23.6 Å². The number of nitrogen functional groups attached to an aromatic ring is 1. The van der Waals surface area contributed by atoms with Crippen molar-refractivity contribution >= 4 is 11.5 Å². The van der Waals surface area contributed by atoms with Crippen molar-refractivity contribution in [3.05, 3.63) is 17.8 Å². The number of hydrogen-bond donors (Lipinski definition) is 2. The maximum Gasteiger partial charge on any atom is 0.149 e. The lowest BCUT2D eigenvalue weighted by molar-refractivity contribution is 0.327. The summed E-state index contributed by atoms with van der Waals surface area (Å²) >= 11 is 0. The van der Waals surface area contributed by atoms with E-state index in [-0.39, 0.29) is 0 Å². The van der Waals surface area contributed by atoms with Gasteiger partial charge >= 0.3 is 0 Å². The van der Waals surface area contributed by atoms with Crippen LogP contribution >= 0.6 is 0 Å². The lowest BCUT2D eigenvalue weighted by Crippen LogP contribution is -2.33. The molecule has 0 saturated carbocycles. The molecule has 0 bridgehead atoms. The molecule has 1 fully saturated rings. The van der Waals surface area contributed by atoms with Crippen molar-refractivity contribution in [1.29, 1.82) is 0 Å². The number of aryl methyl sites for hydroxylation is 1. The van der Waals surface area contributed by atoms with Crippen LogP contribution in [0.2, 0.25) is 0 Å². The number of aromatic nitrogens is 1. The zero-order chi connectivity index (χ0) is 12.3. The van der Waals surface area contributed by atoms with E-state index in [1.54, 1.807) is 0 Å². The Bertz CT molecular complexity index is 372. The van der Waals surface area contributed by atoms with Crippen molar-refractivity contribution in [3.8, 4) is 0 Å². The van der Waals surface area contributed by atoms with Gasteiger partial charge in [0.2, 0.25) is 0 Å². The molecule has 0 amide bonds. The second-order valence-corrected chi connectivity index (χ2v) is 5.00. The first kappa shape index (κ1) is 12.2. The van der Waals surface area contributed by atoms with Crippen LogP contribution in [-0.2, 0) is 0 Å². The number of anilines is 2. The standard InChI is InChI=1S/C13H22N4/c1-10-7-12(14)13(15-8-10)16-11(2)9-17-5-3-4-6-17/h7-8,11H,3-6,9,14H2,1-2H3,(H,15,16). The van der Waals surface area contributed by atoms with Gasteiger partial charge in [0, 0.05) is 18.8 Å². The molecular formula is C13H22N4. The number of hydrogen-bond acceptors (Lipinski definition) is 4. The van der Waals surface area contributed by atoms with Gasteiger partial charge in [-0.2, -0.15) is 0 Å².